The highest BCUT2D eigenvalue weighted by molar-refractivity contribution is 5.66. The van der Waals surface area contributed by atoms with Gasteiger partial charge in [-0.3, -0.25) is 4.79 Å². The van der Waals surface area contributed by atoms with E-state index in [0.29, 0.717) is 0 Å². The van der Waals surface area contributed by atoms with Crippen LogP contribution in [0.25, 0.3) is 6.08 Å². The normalized spacial score (nSPS) is 11.2. The van der Waals surface area contributed by atoms with Gasteiger partial charge in [-0.15, -0.1) is 0 Å². The minimum Gasteiger partial charge on any atom is -0.299 e. The van der Waals surface area contributed by atoms with Crippen molar-refractivity contribution in [1.29, 1.82) is 0 Å². The van der Waals surface area contributed by atoms with Gasteiger partial charge in [0.25, 0.3) is 0 Å². The zero-order valence-electron chi connectivity index (χ0n) is 7.60. The summed E-state index contributed by atoms with van der Waals surface area (Å²) in [5.41, 5.74) is 2.41. The van der Waals surface area contributed by atoms with Crippen molar-refractivity contribution in [3.63, 3.8) is 0 Å². The summed E-state index contributed by atoms with van der Waals surface area (Å²) < 4.78 is 0. The van der Waals surface area contributed by atoms with E-state index in [-0.39, 0.29) is 0 Å². The summed E-state index contributed by atoms with van der Waals surface area (Å²) in [6.45, 7) is 2.06. The summed E-state index contributed by atoms with van der Waals surface area (Å²) >= 11 is 0. The van der Waals surface area contributed by atoms with Crippen molar-refractivity contribution in [2.24, 2.45) is 0 Å². The lowest BCUT2D eigenvalue weighted by molar-refractivity contribution is -0.104. The molecule has 13 heavy (non-hydrogen) atoms. The second-order valence-electron chi connectivity index (χ2n) is 2.74. The van der Waals surface area contributed by atoms with Crippen LogP contribution in [0.5, 0.6) is 0 Å². The zero-order valence-corrected chi connectivity index (χ0v) is 7.60. The standard InChI is InChI=1S/C12H12O/c1-11-7-4-5-9-12(11)8-3-2-6-10-13/h2-10H,1H3/b6-2+,8-3+. The van der Waals surface area contributed by atoms with E-state index in [1.54, 1.807) is 6.08 Å². The van der Waals surface area contributed by atoms with Crippen molar-refractivity contribution in [1.82, 2.24) is 0 Å². The Hall–Kier alpha value is -1.63. The maximum Gasteiger partial charge on any atom is 0.142 e. The Labute approximate surface area is 78.4 Å². The molecule has 0 aliphatic rings. The molecule has 0 heterocycles. The molecule has 0 amide bonds. The molecule has 0 atom stereocenters. The number of carbonyl (C=O) groups excluding carboxylic acids is 1. The molecule has 1 aromatic rings. The molecule has 66 valence electrons. The van der Waals surface area contributed by atoms with Gasteiger partial charge in [0, 0.05) is 0 Å². The average Bonchev–Trinajstić information content (AvgIpc) is 2.15. The minimum absolute atomic E-state index is 0.766. The van der Waals surface area contributed by atoms with Crippen LogP contribution in [0.15, 0.2) is 42.5 Å². The SMILES string of the molecule is Cc1ccccc1/C=C/C=C/C=O. The van der Waals surface area contributed by atoms with Crippen molar-refractivity contribution in [3.05, 3.63) is 53.6 Å². The van der Waals surface area contributed by atoms with Crippen LogP contribution < -0.4 is 0 Å². The number of aryl methyl sites for hydroxylation is 1. The Balaban J connectivity index is 2.74. The Morgan fingerprint density at radius 3 is 2.54 bits per heavy atom. The average molecular weight is 172 g/mol. The van der Waals surface area contributed by atoms with Gasteiger partial charge in [0.15, 0.2) is 0 Å². The lowest BCUT2D eigenvalue weighted by Crippen LogP contribution is -1.76. The van der Waals surface area contributed by atoms with Crippen LogP contribution in [-0.2, 0) is 4.79 Å². The van der Waals surface area contributed by atoms with Crippen LogP contribution in [-0.4, -0.2) is 6.29 Å². The third kappa shape index (κ3) is 3.08. The van der Waals surface area contributed by atoms with Crippen LogP contribution in [0.4, 0.5) is 0 Å². The number of allylic oxidation sites excluding steroid dienone is 3. The first-order valence-corrected chi connectivity index (χ1v) is 4.19. The number of carbonyl (C=O) groups is 1. The van der Waals surface area contributed by atoms with Crippen molar-refractivity contribution >= 4 is 12.4 Å². The van der Waals surface area contributed by atoms with E-state index in [9.17, 15) is 4.79 Å². The number of hydrogen-bond donors (Lipinski definition) is 0. The Kier molecular flexibility index (Phi) is 3.71. The first kappa shape index (κ1) is 9.46. The van der Waals surface area contributed by atoms with Gasteiger partial charge in [-0.1, -0.05) is 42.5 Å². The minimum atomic E-state index is 0.766. The van der Waals surface area contributed by atoms with E-state index in [1.807, 2.05) is 30.4 Å². The molecule has 0 aliphatic heterocycles. The largest absolute Gasteiger partial charge is 0.299 e. The zero-order chi connectivity index (χ0) is 9.52. The van der Waals surface area contributed by atoms with Gasteiger partial charge in [-0.05, 0) is 24.1 Å². The van der Waals surface area contributed by atoms with E-state index in [2.05, 4.69) is 13.0 Å². The number of rotatable bonds is 3. The molecular weight excluding hydrogens is 160 g/mol. The summed E-state index contributed by atoms with van der Waals surface area (Å²) in [7, 11) is 0. The Bertz CT molecular complexity index is 335. The van der Waals surface area contributed by atoms with Gasteiger partial charge >= 0.3 is 0 Å². The van der Waals surface area contributed by atoms with Gasteiger partial charge in [0.05, 0.1) is 0 Å². The molecule has 1 aromatic carbocycles. The van der Waals surface area contributed by atoms with Crippen LogP contribution in [0.2, 0.25) is 0 Å². The topological polar surface area (TPSA) is 17.1 Å². The second kappa shape index (κ2) is 5.09. The van der Waals surface area contributed by atoms with Gasteiger partial charge in [0.2, 0.25) is 0 Å². The lowest BCUT2D eigenvalue weighted by Gasteiger charge is -1.96. The lowest BCUT2D eigenvalue weighted by atomic mass is 10.1. The molecule has 1 rings (SSSR count). The summed E-state index contributed by atoms with van der Waals surface area (Å²) in [5, 5.41) is 0. The van der Waals surface area contributed by atoms with E-state index in [0.717, 1.165) is 6.29 Å². The van der Waals surface area contributed by atoms with Crippen LogP contribution >= 0.6 is 0 Å². The first-order valence-electron chi connectivity index (χ1n) is 4.19. The smallest absolute Gasteiger partial charge is 0.142 e. The molecule has 0 saturated carbocycles. The Morgan fingerprint density at radius 2 is 1.85 bits per heavy atom. The predicted molar refractivity (Wildman–Crippen MR) is 55.4 cm³/mol. The van der Waals surface area contributed by atoms with E-state index >= 15 is 0 Å². The fourth-order valence-corrected chi connectivity index (χ4v) is 1.04. The monoisotopic (exact) mass is 172 g/mol. The maximum atomic E-state index is 9.96. The molecule has 0 N–H and O–H groups in total. The molecule has 0 aromatic heterocycles. The molecule has 0 bridgehead atoms. The highest BCUT2D eigenvalue weighted by Gasteiger charge is 1.88. The molecule has 1 nitrogen and oxygen atoms in total. The Morgan fingerprint density at radius 1 is 1.08 bits per heavy atom. The molecule has 0 aliphatic carbocycles. The molecule has 0 unspecified atom stereocenters. The van der Waals surface area contributed by atoms with E-state index in [4.69, 9.17) is 0 Å². The maximum absolute atomic E-state index is 9.96. The molecule has 0 spiro atoms. The van der Waals surface area contributed by atoms with Gasteiger partial charge < -0.3 is 0 Å². The fraction of sp³-hybridized carbons (Fsp3) is 0.0833. The van der Waals surface area contributed by atoms with E-state index in [1.165, 1.54) is 17.2 Å². The summed E-state index contributed by atoms with van der Waals surface area (Å²) in [6, 6.07) is 8.10. The van der Waals surface area contributed by atoms with Crippen molar-refractivity contribution < 1.29 is 4.79 Å². The van der Waals surface area contributed by atoms with Gasteiger partial charge in [-0.2, -0.15) is 0 Å². The van der Waals surface area contributed by atoms with Crippen LogP contribution in [0.1, 0.15) is 11.1 Å². The van der Waals surface area contributed by atoms with Gasteiger partial charge in [0.1, 0.15) is 6.29 Å². The molecule has 0 saturated heterocycles. The highest BCUT2D eigenvalue weighted by Crippen LogP contribution is 2.08. The number of hydrogen-bond acceptors (Lipinski definition) is 1. The van der Waals surface area contributed by atoms with E-state index < -0.39 is 0 Å². The van der Waals surface area contributed by atoms with Gasteiger partial charge in [-0.25, -0.2) is 0 Å². The molecule has 0 radical (unpaired) electrons. The number of benzene rings is 1. The third-order valence-corrected chi connectivity index (χ3v) is 1.77. The van der Waals surface area contributed by atoms with Crippen molar-refractivity contribution in [2.45, 2.75) is 6.92 Å². The predicted octanol–water partition coefficient (Wildman–Crippen LogP) is 2.76. The highest BCUT2D eigenvalue weighted by atomic mass is 16.1. The van der Waals surface area contributed by atoms with Crippen LogP contribution in [0.3, 0.4) is 0 Å². The fourth-order valence-electron chi connectivity index (χ4n) is 1.04. The van der Waals surface area contributed by atoms with Crippen LogP contribution in [0, 0.1) is 6.92 Å². The van der Waals surface area contributed by atoms with Crippen molar-refractivity contribution in [2.75, 3.05) is 0 Å². The third-order valence-electron chi connectivity index (χ3n) is 1.77. The molecular formula is C12H12O. The molecule has 0 fully saturated rings. The first-order chi connectivity index (χ1) is 6.34. The summed E-state index contributed by atoms with van der Waals surface area (Å²) in [6.07, 6.45) is 7.79. The summed E-state index contributed by atoms with van der Waals surface area (Å²) in [4.78, 5) is 9.96. The molecule has 1 heteroatoms. The quantitative estimate of drug-likeness (QED) is 0.389. The number of aldehydes is 1. The second-order valence-corrected chi connectivity index (χ2v) is 2.74. The summed E-state index contributed by atoms with van der Waals surface area (Å²) in [5.74, 6) is 0. The van der Waals surface area contributed by atoms with Crippen molar-refractivity contribution in [3.8, 4) is 0 Å².